The van der Waals surface area contributed by atoms with Gasteiger partial charge in [-0.05, 0) is 19.1 Å². The summed E-state index contributed by atoms with van der Waals surface area (Å²) in [4.78, 5) is 3.28. The maximum atomic E-state index is 12.3. The topological polar surface area (TPSA) is 12.9 Å². The summed E-state index contributed by atoms with van der Waals surface area (Å²) >= 11 is 3.06. The van der Waals surface area contributed by atoms with Gasteiger partial charge in [0.05, 0.1) is 16.1 Å². The lowest BCUT2D eigenvalue weighted by molar-refractivity contribution is -0.138. The molecule has 0 saturated carbocycles. The standard InChI is InChI=1S/C8H7BrF3N/c1-5(9)7-6(8(10,11)12)3-2-4-13-7/h2-5H,1H3/t5-/m0/s1. The van der Waals surface area contributed by atoms with Crippen LogP contribution in [0.4, 0.5) is 13.2 Å². The first-order valence-corrected chi connectivity index (χ1v) is 4.50. The number of aromatic nitrogens is 1. The minimum Gasteiger partial charge on any atom is -0.259 e. The minimum absolute atomic E-state index is 0.0231. The summed E-state index contributed by atoms with van der Waals surface area (Å²) < 4.78 is 37.0. The number of hydrogen-bond acceptors (Lipinski definition) is 1. The molecule has 0 N–H and O–H groups in total. The zero-order valence-electron chi connectivity index (χ0n) is 6.77. The van der Waals surface area contributed by atoms with Gasteiger partial charge < -0.3 is 0 Å². The van der Waals surface area contributed by atoms with Crippen LogP contribution in [0.25, 0.3) is 0 Å². The maximum Gasteiger partial charge on any atom is 0.418 e. The lowest BCUT2D eigenvalue weighted by atomic mass is 10.1. The Morgan fingerprint density at radius 3 is 2.46 bits per heavy atom. The predicted octanol–water partition coefficient (Wildman–Crippen LogP) is 3.56. The predicted molar refractivity (Wildman–Crippen MR) is 46.6 cm³/mol. The van der Waals surface area contributed by atoms with Crippen molar-refractivity contribution in [3.8, 4) is 0 Å². The van der Waals surface area contributed by atoms with Crippen molar-refractivity contribution in [3.05, 3.63) is 29.6 Å². The van der Waals surface area contributed by atoms with Crippen molar-refractivity contribution in [1.29, 1.82) is 0 Å². The van der Waals surface area contributed by atoms with E-state index in [0.717, 1.165) is 6.07 Å². The molecule has 0 amide bonds. The second-order valence-corrected chi connectivity index (χ2v) is 3.92. The first kappa shape index (κ1) is 10.5. The number of hydrogen-bond donors (Lipinski definition) is 0. The zero-order valence-corrected chi connectivity index (χ0v) is 8.35. The van der Waals surface area contributed by atoms with E-state index in [1.54, 1.807) is 6.92 Å². The third-order valence-corrected chi connectivity index (χ3v) is 1.95. The van der Waals surface area contributed by atoms with Crippen molar-refractivity contribution in [2.45, 2.75) is 17.9 Å². The Morgan fingerprint density at radius 2 is 2.08 bits per heavy atom. The third-order valence-electron chi connectivity index (χ3n) is 1.52. The quantitative estimate of drug-likeness (QED) is 0.698. The first-order valence-electron chi connectivity index (χ1n) is 3.59. The van der Waals surface area contributed by atoms with Crippen LogP contribution >= 0.6 is 15.9 Å². The van der Waals surface area contributed by atoms with Crippen LogP contribution in [0.15, 0.2) is 18.3 Å². The van der Waals surface area contributed by atoms with Crippen LogP contribution in [0.3, 0.4) is 0 Å². The van der Waals surface area contributed by atoms with E-state index in [4.69, 9.17) is 0 Å². The van der Waals surface area contributed by atoms with Crippen molar-refractivity contribution in [3.63, 3.8) is 0 Å². The molecule has 0 aliphatic carbocycles. The van der Waals surface area contributed by atoms with E-state index in [9.17, 15) is 13.2 Å². The van der Waals surface area contributed by atoms with Crippen molar-refractivity contribution >= 4 is 15.9 Å². The monoisotopic (exact) mass is 253 g/mol. The smallest absolute Gasteiger partial charge is 0.259 e. The zero-order chi connectivity index (χ0) is 10.1. The number of pyridine rings is 1. The van der Waals surface area contributed by atoms with Gasteiger partial charge in [-0.15, -0.1) is 0 Å². The van der Waals surface area contributed by atoms with Crippen LogP contribution in [-0.4, -0.2) is 4.98 Å². The van der Waals surface area contributed by atoms with Crippen molar-refractivity contribution in [1.82, 2.24) is 4.98 Å². The summed E-state index contributed by atoms with van der Waals surface area (Å²) in [5, 5.41) is 0. The van der Waals surface area contributed by atoms with Crippen LogP contribution in [0, 0.1) is 0 Å². The molecule has 0 fully saturated rings. The summed E-state index contributed by atoms with van der Waals surface area (Å²) in [6.45, 7) is 1.61. The van der Waals surface area contributed by atoms with E-state index >= 15 is 0 Å². The van der Waals surface area contributed by atoms with Crippen LogP contribution in [0.1, 0.15) is 23.0 Å². The molecule has 1 aromatic heterocycles. The molecule has 0 radical (unpaired) electrons. The lowest BCUT2D eigenvalue weighted by Gasteiger charge is -2.12. The Kier molecular flexibility index (Phi) is 2.95. The van der Waals surface area contributed by atoms with Crippen LogP contribution < -0.4 is 0 Å². The highest BCUT2D eigenvalue weighted by atomic mass is 79.9. The molecule has 0 aromatic carbocycles. The second-order valence-electron chi connectivity index (χ2n) is 2.55. The van der Waals surface area contributed by atoms with Gasteiger partial charge in [0.1, 0.15) is 0 Å². The van der Waals surface area contributed by atoms with Gasteiger partial charge in [-0.2, -0.15) is 13.2 Å². The van der Waals surface area contributed by atoms with E-state index in [0.29, 0.717) is 0 Å². The number of rotatable bonds is 1. The van der Waals surface area contributed by atoms with Gasteiger partial charge in [-0.1, -0.05) is 15.9 Å². The van der Waals surface area contributed by atoms with Gasteiger partial charge in [0.25, 0.3) is 0 Å². The molecule has 0 spiro atoms. The highest BCUT2D eigenvalue weighted by Crippen LogP contribution is 2.35. The molecule has 0 unspecified atom stereocenters. The van der Waals surface area contributed by atoms with Gasteiger partial charge in [-0.3, -0.25) is 4.98 Å². The van der Waals surface area contributed by atoms with E-state index in [-0.39, 0.29) is 5.69 Å². The van der Waals surface area contributed by atoms with Crippen molar-refractivity contribution < 1.29 is 13.2 Å². The Morgan fingerprint density at radius 1 is 1.46 bits per heavy atom. The molecule has 13 heavy (non-hydrogen) atoms. The summed E-state index contributed by atoms with van der Waals surface area (Å²) in [7, 11) is 0. The van der Waals surface area contributed by atoms with Gasteiger partial charge in [0.15, 0.2) is 0 Å². The Balaban J connectivity index is 3.20. The number of halogens is 4. The Hall–Kier alpha value is -0.580. The fourth-order valence-electron chi connectivity index (χ4n) is 0.974. The summed E-state index contributed by atoms with van der Waals surface area (Å²) in [5.74, 6) is 0. The summed E-state index contributed by atoms with van der Waals surface area (Å²) in [6, 6.07) is 2.31. The molecular weight excluding hydrogens is 247 g/mol. The molecular formula is C8H7BrF3N. The molecule has 0 saturated heterocycles. The average Bonchev–Trinajstić information content (AvgIpc) is 2.03. The van der Waals surface area contributed by atoms with E-state index in [1.165, 1.54) is 12.3 Å². The molecule has 0 bridgehead atoms. The molecule has 1 heterocycles. The fraction of sp³-hybridized carbons (Fsp3) is 0.375. The van der Waals surface area contributed by atoms with Crippen LogP contribution in [0.5, 0.6) is 0 Å². The summed E-state index contributed by atoms with van der Waals surface area (Å²) in [6.07, 6.45) is -2.98. The molecule has 0 aliphatic heterocycles. The third kappa shape index (κ3) is 2.43. The fourth-order valence-corrected chi connectivity index (χ4v) is 1.34. The number of alkyl halides is 4. The highest BCUT2D eigenvalue weighted by Gasteiger charge is 2.34. The normalized spacial score (nSPS) is 14.2. The van der Waals surface area contributed by atoms with Crippen molar-refractivity contribution in [2.24, 2.45) is 0 Å². The van der Waals surface area contributed by atoms with Crippen LogP contribution in [-0.2, 0) is 6.18 Å². The second kappa shape index (κ2) is 3.65. The molecule has 0 aliphatic rings. The van der Waals surface area contributed by atoms with E-state index in [1.807, 2.05) is 0 Å². The maximum absolute atomic E-state index is 12.3. The Bertz CT molecular complexity index is 296. The highest BCUT2D eigenvalue weighted by molar-refractivity contribution is 9.09. The Labute approximate surface area is 82.1 Å². The largest absolute Gasteiger partial charge is 0.418 e. The molecule has 72 valence electrons. The first-order chi connectivity index (χ1) is 5.93. The van der Waals surface area contributed by atoms with Gasteiger partial charge in [0, 0.05) is 6.20 Å². The van der Waals surface area contributed by atoms with Gasteiger partial charge >= 0.3 is 6.18 Å². The molecule has 1 atom stereocenters. The van der Waals surface area contributed by atoms with Crippen molar-refractivity contribution in [2.75, 3.05) is 0 Å². The SMILES string of the molecule is C[C@H](Br)c1ncccc1C(F)(F)F. The molecule has 1 nitrogen and oxygen atoms in total. The van der Waals surface area contributed by atoms with Crippen LogP contribution in [0.2, 0.25) is 0 Å². The molecule has 1 aromatic rings. The molecule has 1 rings (SSSR count). The minimum atomic E-state index is -4.33. The van der Waals surface area contributed by atoms with Gasteiger partial charge in [-0.25, -0.2) is 0 Å². The van der Waals surface area contributed by atoms with E-state index < -0.39 is 16.6 Å². The summed E-state index contributed by atoms with van der Waals surface area (Å²) in [5.41, 5.74) is -0.658. The average molecular weight is 254 g/mol. The van der Waals surface area contributed by atoms with E-state index in [2.05, 4.69) is 20.9 Å². The van der Waals surface area contributed by atoms with Gasteiger partial charge in [0.2, 0.25) is 0 Å². The molecule has 5 heteroatoms. The number of nitrogens with zero attached hydrogens (tertiary/aromatic N) is 1. The lowest BCUT2D eigenvalue weighted by Crippen LogP contribution is -2.10.